The summed E-state index contributed by atoms with van der Waals surface area (Å²) in [4.78, 5) is 26.6. The molecule has 4 rings (SSSR count). The third kappa shape index (κ3) is 9.86. The normalized spacial score (nSPS) is 48.0. The number of fused-ring (bicyclic) bond motifs is 1. The van der Waals surface area contributed by atoms with E-state index in [0.29, 0.717) is 12.8 Å². The number of Topliss-reactive ketones (excluding diaryl/α,β-unsaturated/α-hetero) is 1. The van der Waals surface area contributed by atoms with Crippen molar-refractivity contribution in [1.82, 2.24) is 0 Å². The van der Waals surface area contributed by atoms with Crippen LogP contribution < -0.4 is 0 Å². The van der Waals surface area contributed by atoms with Crippen LogP contribution in [0.2, 0.25) is 0 Å². The van der Waals surface area contributed by atoms with Gasteiger partial charge in [0.25, 0.3) is 0 Å². The summed E-state index contributed by atoms with van der Waals surface area (Å²) in [5.74, 6) is -2.15. The predicted molar refractivity (Wildman–Crippen MR) is 173 cm³/mol. The van der Waals surface area contributed by atoms with Crippen molar-refractivity contribution in [2.75, 3.05) is 27.9 Å². The van der Waals surface area contributed by atoms with Gasteiger partial charge in [0.15, 0.2) is 18.4 Å². The fraction of sp³-hybridized carbons (Fsp3) is 0.886. The summed E-state index contributed by atoms with van der Waals surface area (Å²) in [7, 11) is 4.48. The molecule has 0 bridgehead atoms. The lowest BCUT2D eigenvalue weighted by molar-refractivity contribution is -0.305. The molecule has 0 amide bonds. The monoisotopic (exact) mass is 702 g/mol. The fourth-order valence-electron chi connectivity index (χ4n) is 7.44. The molecule has 282 valence electrons. The Kier molecular flexibility index (Phi) is 14.2. The SMILES string of the molecule is COC1CC(C)OC(O[C@@H]2[C@@H](C)/C=C/C(=O)O[C@H](C)[C@@H](COC3OC(C)C(O)C(OC)C3OC)[C@@H]3O[C@H]3CCC(=O)[C@@](C)(O)C[C@@H]2C)C1O. The first-order chi connectivity index (χ1) is 23.1. The average molecular weight is 703 g/mol. The first kappa shape index (κ1) is 40.2. The van der Waals surface area contributed by atoms with Crippen LogP contribution in [0.3, 0.4) is 0 Å². The number of epoxide rings is 1. The summed E-state index contributed by atoms with van der Waals surface area (Å²) in [6.45, 7) is 10.6. The van der Waals surface area contributed by atoms with Crippen LogP contribution in [0.25, 0.3) is 0 Å². The Hall–Kier alpha value is -1.56. The molecule has 3 N–H and O–H groups in total. The highest BCUT2D eigenvalue weighted by atomic mass is 16.7. The molecule has 0 aliphatic carbocycles. The number of carbonyl (C=O) groups excluding carboxylic acids is 2. The van der Waals surface area contributed by atoms with Crippen molar-refractivity contribution in [3.05, 3.63) is 12.2 Å². The molecule has 0 aromatic carbocycles. The molecule has 4 aliphatic heterocycles. The molecule has 0 radical (unpaired) electrons. The number of esters is 1. The molecule has 4 aliphatic rings. The predicted octanol–water partition coefficient (Wildman–Crippen LogP) is 1.68. The third-order valence-electron chi connectivity index (χ3n) is 10.5. The Labute approximate surface area is 289 Å². The number of ketones is 1. The minimum Gasteiger partial charge on any atom is -0.459 e. The van der Waals surface area contributed by atoms with E-state index in [9.17, 15) is 24.9 Å². The van der Waals surface area contributed by atoms with E-state index in [0.717, 1.165) is 0 Å². The molecule has 14 heteroatoms. The van der Waals surface area contributed by atoms with Crippen molar-refractivity contribution in [2.45, 2.75) is 153 Å². The Morgan fingerprint density at radius 2 is 1.57 bits per heavy atom. The standard InChI is InChI=1S/C35H58O14/c1-17-10-13-26(37)46-20(4)22(16-44-34-32(43-9)31(42-8)27(38)21(5)47-34)30-23(48-30)11-12-25(36)35(6,40)15-18(2)29(17)49-33-28(39)24(41-7)14-19(3)45-33/h10,13,17-24,27-34,38-40H,11-12,14-16H2,1-9H3/b13-10+/t17-,18-,19?,20+,21?,22+,23-,24?,27?,28?,29+,30-,31?,32?,33?,34?,35-/m0/s1. The zero-order chi connectivity index (χ0) is 36.2. The second kappa shape index (κ2) is 17.3. The molecule has 14 nitrogen and oxygen atoms in total. The maximum absolute atomic E-state index is 13.4. The number of cyclic esters (lactones) is 1. The van der Waals surface area contributed by atoms with Crippen LogP contribution in [0.5, 0.6) is 0 Å². The molecule has 0 aromatic rings. The Bertz CT molecular complexity index is 1120. The van der Waals surface area contributed by atoms with Crippen molar-refractivity contribution < 1.29 is 67.5 Å². The summed E-state index contributed by atoms with van der Waals surface area (Å²) in [6.07, 6.45) is -4.62. The largest absolute Gasteiger partial charge is 0.459 e. The van der Waals surface area contributed by atoms with E-state index in [2.05, 4.69) is 0 Å². The molecule has 4 heterocycles. The van der Waals surface area contributed by atoms with Gasteiger partial charge in [-0.05, 0) is 46.5 Å². The molecular formula is C35H58O14. The summed E-state index contributed by atoms with van der Waals surface area (Å²) in [5.41, 5.74) is -1.67. The Morgan fingerprint density at radius 1 is 0.878 bits per heavy atom. The van der Waals surface area contributed by atoms with Crippen molar-refractivity contribution in [2.24, 2.45) is 17.8 Å². The fourth-order valence-corrected chi connectivity index (χ4v) is 7.44. The molecule has 0 aromatic heterocycles. The van der Waals surface area contributed by atoms with Crippen molar-refractivity contribution in [3.63, 3.8) is 0 Å². The van der Waals surface area contributed by atoms with Crippen molar-refractivity contribution in [1.29, 1.82) is 0 Å². The van der Waals surface area contributed by atoms with Gasteiger partial charge in [-0.15, -0.1) is 0 Å². The number of ether oxygens (including phenoxy) is 9. The summed E-state index contributed by atoms with van der Waals surface area (Å²) >= 11 is 0. The van der Waals surface area contributed by atoms with Crippen LogP contribution in [0.4, 0.5) is 0 Å². The van der Waals surface area contributed by atoms with Crippen LogP contribution in [-0.4, -0.2) is 140 Å². The number of hydrogen-bond acceptors (Lipinski definition) is 14. The molecule has 0 spiro atoms. The van der Waals surface area contributed by atoms with Gasteiger partial charge in [-0.1, -0.05) is 19.9 Å². The average Bonchev–Trinajstić information content (AvgIpc) is 3.82. The highest BCUT2D eigenvalue weighted by Gasteiger charge is 2.51. The lowest BCUT2D eigenvalue weighted by atomic mass is 9.81. The number of aliphatic hydroxyl groups excluding tert-OH is 2. The molecule has 17 atom stereocenters. The highest BCUT2D eigenvalue weighted by molar-refractivity contribution is 5.86. The number of rotatable bonds is 8. The van der Waals surface area contributed by atoms with E-state index >= 15 is 0 Å². The molecule has 49 heavy (non-hydrogen) atoms. The zero-order valence-corrected chi connectivity index (χ0v) is 30.3. The topological polar surface area (TPSA) is 181 Å². The Morgan fingerprint density at radius 3 is 2.22 bits per heavy atom. The van der Waals surface area contributed by atoms with Gasteiger partial charge < -0.3 is 58.0 Å². The van der Waals surface area contributed by atoms with Gasteiger partial charge in [-0.25, -0.2) is 4.79 Å². The summed E-state index contributed by atoms with van der Waals surface area (Å²) in [6, 6.07) is 0. The van der Waals surface area contributed by atoms with Gasteiger partial charge >= 0.3 is 5.97 Å². The lowest BCUT2D eigenvalue weighted by Gasteiger charge is -2.42. The first-order valence-electron chi connectivity index (χ1n) is 17.4. The zero-order valence-electron chi connectivity index (χ0n) is 30.3. The smallest absolute Gasteiger partial charge is 0.330 e. The highest BCUT2D eigenvalue weighted by Crippen LogP contribution is 2.38. The molecule has 0 saturated carbocycles. The van der Waals surface area contributed by atoms with Gasteiger partial charge in [-0.2, -0.15) is 0 Å². The van der Waals surface area contributed by atoms with E-state index in [4.69, 9.17) is 42.6 Å². The van der Waals surface area contributed by atoms with Crippen LogP contribution >= 0.6 is 0 Å². The van der Waals surface area contributed by atoms with Crippen LogP contribution in [-0.2, 0) is 52.2 Å². The quantitative estimate of drug-likeness (QED) is 0.246. The molecule has 9 unspecified atom stereocenters. The third-order valence-corrected chi connectivity index (χ3v) is 10.5. The number of carbonyl (C=O) groups is 2. The van der Waals surface area contributed by atoms with E-state index in [1.165, 1.54) is 34.3 Å². The van der Waals surface area contributed by atoms with E-state index < -0.39 is 84.8 Å². The van der Waals surface area contributed by atoms with Crippen LogP contribution in [0, 0.1) is 17.8 Å². The maximum Gasteiger partial charge on any atom is 0.330 e. The van der Waals surface area contributed by atoms with Crippen molar-refractivity contribution in [3.8, 4) is 0 Å². The number of hydrogen-bond donors (Lipinski definition) is 3. The summed E-state index contributed by atoms with van der Waals surface area (Å²) < 4.78 is 52.8. The second-order valence-corrected chi connectivity index (χ2v) is 14.4. The molecule has 3 fully saturated rings. The van der Waals surface area contributed by atoms with Crippen LogP contribution in [0.15, 0.2) is 12.2 Å². The van der Waals surface area contributed by atoms with Gasteiger partial charge in [0.2, 0.25) is 0 Å². The second-order valence-electron chi connectivity index (χ2n) is 14.4. The van der Waals surface area contributed by atoms with E-state index in [-0.39, 0.29) is 49.5 Å². The van der Waals surface area contributed by atoms with Gasteiger partial charge in [-0.3, -0.25) is 4.79 Å². The van der Waals surface area contributed by atoms with E-state index in [1.807, 2.05) is 20.8 Å². The first-order valence-corrected chi connectivity index (χ1v) is 17.4. The van der Waals surface area contributed by atoms with Gasteiger partial charge in [0, 0.05) is 52.1 Å². The molecular weight excluding hydrogens is 644 g/mol. The van der Waals surface area contributed by atoms with Gasteiger partial charge in [0.1, 0.15) is 36.1 Å². The number of methoxy groups -OCH3 is 3. The van der Waals surface area contributed by atoms with Gasteiger partial charge in [0.05, 0.1) is 43.2 Å². The van der Waals surface area contributed by atoms with E-state index in [1.54, 1.807) is 19.9 Å². The molecule has 3 saturated heterocycles. The summed E-state index contributed by atoms with van der Waals surface area (Å²) in [5, 5.41) is 32.9. The minimum atomic E-state index is -1.67. The lowest BCUT2D eigenvalue weighted by Crippen LogP contribution is -2.59. The Balaban J connectivity index is 1.54. The maximum atomic E-state index is 13.4. The van der Waals surface area contributed by atoms with Crippen LogP contribution in [0.1, 0.15) is 67.2 Å². The number of aliphatic hydroxyl groups is 3. The van der Waals surface area contributed by atoms with Crippen molar-refractivity contribution >= 4 is 11.8 Å². The minimum absolute atomic E-state index is 0.0587.